The number of aromatic carboxylic acids is 1. The molecule has 2 heterocycles. The lowest BCUT2D eigenvalue weighted by Gasteiger charge is -2.15. The molecule has 26 heavy (non-hydrogen) atoms. The largest absolute Gasteiger partial charge is 0.506 e. The summed E-state index contributed by atoms with van der Waals surface area (Å²) in [5, 5.41) is 20.1. The number of hydrogen-bond donors (Lipinski definition) is 2. The van der Waals surface area contributed by atoms with Gasteiger partial charge >= 0.3 is 5.97 Å². The molecule has 2 aliphatic heterocycles. The van der Waals surface area contributed by atoms with Crippen LogP contribution in [0.4, 0.5) is 4.39 Å². The fourth-order valence-electron chi connectivity index (χ4n) is 4.08. The van der Waals surface area contributed by atoms with Crippen LogP contribution in [-0.2, 0) is 12.8 Å². The fraction of sp³-hybridized carbons (Fsp3) is 0.300. The molecule has 0 aliphatic carbocycles. The number of phenols is 1. The Labute approximate surface area is 149 Å². The highest BCUT2D eigenvalue weighted by Gasteiger charge is 2.43. The third-order valence-electron chi connectivity index (χ3n) is 5.31. The minimum Gasteiger partial charge on any atom is -0.506 e. The molecule has 1 atom stereocenters. The van der Waals surface area contributed by atoms with Crippen molar-refractivity contribution in [3.05, 3.63) is 64.0 Å². The summed E-state index contributed by atoms with van der Waals surface area (Å²) in [5.74, 6) is -2.29. The zero-order valence-electron chi connectivity index (χ0n) is 14.0. The van der Waals surface area contributed by atoms with Gasteiger partial charge in [0, 0.05) is 6.54 Å². The Bertz CT molecular complexity index is 907. The summed E-state index contributed by atoms with van der Waals surface area (Å²) in [5.41, 5.74) is 2.03. The van der Waals surface area contributed by atoms with E-state index in [1.165, 1.54) is 12.1 Å². The number of carbonyl (C=O) groups excluding carboxylic acids is 1. The van der Waals surface area contributed by atoms with Crippen LogP contribution in [0, 0.1) is 5.82 Å². The molecule has 6 heteroatoms. The maximum Gasteiger partial charge on any atom is 0.339 e. The topological polar surface area (TPSA) is 77.8 Å². The Morgan fingerprint density at radius 3 is 2.65 bits per heavy atom. The van der Waals surface area contributed by atoms with Gasteiger partial charge in [0.2, 0.25) is 0 Å². The first-order chi connectivity index (χ1) is 12.5. The molecule has 2 aromatic rings. The number of carboxylic acids is 1. The van der Waals surface area contributed by atoms with E-state index in [1.54, 1.807) is 23.1 Å². The molecule has 5 nitrogen and oxygen atoms in total. The molecule has 0 unspecified atom stereocenters. The van der Waals surface area contributed by atoms with Gasteiger partial charge in [0.05, 0.1) is 11.6 Å². The molecular weight excluding hydrogens is 337 g/mol. The number of amides is 1. The van der Waals surface area contributed by atoms with Gasteiger partial charge in [-0.2, -0.15) is 0 Å². The van der Waals surface area contributed by atoms with Gasteiger partial charge in [0.25, 0.3) is 5.91 Å². The van der Waals surface area contributed by atoms with E-state index < -0.39 is 11.7 Å². The Morgan fingerprint density at radius 1 is 1.23 bits per heavy atom. The van der Waals surface area contributed by atoms with Gasteiger partial charge < -0.3 is 15.1 Å². The molecule has 2 N–H and O–H groups in total. The van der Waals surface area contributed by atoms with Crippen molar-refractivity contribution in [2.75, 3.05) is 6.54 Å². The summed E-state index contributed by atoms with van der Waals surface area (Å²) in [7, 11) is 0. The van der Waals surface area contributed by atoms with Crippen LogP contribution in [0.1, 0.15) is 56.3 Å². The van der Waals surface area contributed by atoms with E-state index in [1.807, 2.05) is 0 Å². The van der Waals surface area contributed by atoms with Gasteiger partial charge in [0.15, 0.2) is 0 Å². The highest BCUT2D eigenvalue weighted by molar-refractivity contribution is 6.06. The lowest BCUT2D eigenvalue weighted by Crippen LogP contribution is -2.22. The number of aryl methyl sites for hydroxylation is 2. The lowest BCUT2D eigenvalue weighted by molar-refractivity contribution is 0.0692. The van der Waals surface area contributed by atoms with Crippen molar-refractivity contribution in [2.24, 2.45) is 0 Å². The van der Waals surface area contributed by atoms with Crippen molar-refractivity contribution in [1.29, 1.82) is 0 Å². The molecular formula is C20H18FNO4. The Morgan fingerprint density at radius 2 is 1.96 bits per heavy atom. The molecule has 0 bridgehead atoms. The third kappa shape index (κ3) is 2.53. The SMILES string of the molecule is O=C(O)c1c(CCc2ccc(F)cc2)cc2c(c1O)C(=O)N1CCC[C@@H]21. The number of benzene rings is 2. The number of nitrogens with zero attached hydrogens (tertiary/aromatic N) is 1. The highest BCUT2D eigenvalue weighted by Crippen LogP contribution is 2.46. The number of fused-ring (bicyclic) bond motifs is 3. The lowest BCUT2D eigenvalue weighted by atomic mass is 9.91. The normalized spacial score (nSPS) is 18.1. The fourth-order valence-corrected chi connectivity index (χ4v) is 4.08. The van der Waals surface area contributed by atoms with Crippen molar-refractivity contribution in [1.82, 2.24) is 4.90 Å². The Hall–Kier alpha value is -2.89. The second kappa shape index (κ2) is 6.12. The molecule has 0 radical (unpaired) electrons. The number of hydrogen-bond acceptors (Lipinski definition) is 3. The van der Waals surface area contributed by atoms with E-state index in [0.29, 0.717) is 24.9 Å². The van der Waals surface area contributed by atoms with Crippen LogP contribution >= 0.6 is 0 Å². The maximum atomic E-state index is 13.0. The standard InChI is InChI=1S/C20H18FNO4/c21-13-7-4-11(5-8-13)3-6-12-10-14-15-2-1-9-22(15)19(24)17(14)18(23)16(12)20(25)26/h4-5,7-8,10,15,23H,1-3,6,9H2,(H,25,26)/t15-/m0/s1. The van der Waals surface area contributed by atoms with Crippen LogP contribution in [0.25, 0.3) is 0 Å². The molecule has 134 valence electrons. The van der Waals surface area contributed by atoms with Crippen molar-refractivity contribution >= 4 is 11.9 Å². The van der Waals surface area contributed by atoms with Gasteiger partial charge in [-0.15, -0.1) is 0 Å². The quantitative estimate of drug-likeness (QED) is 0.882. The molecule has 1 fully saturated rings. The van der Waals surface area contributed by atoms with E-state index in [0.717, 1.165) is 24.0 Å². The van der Waals surface area contributed by atoms with Gasteiger partial charge in [-0.25, -0.2) is 9.18 Å². The number of aromatic hydroxyl groups is 1. The summed E-state index contributed by atoms with van der Waals surface area (Å²) in [6, 6.07) is 7.73. The Kier molecular flexibility index (Phi) is 3.90. The van der Waals surface area contributed by atoms with Crippen molar-refractivity contribution in [3.63, 3.8) is 0 Å². The van der Waals surface area contributed by atoms with Crippen LogP contribution in [0.15, 0.2) is 30.3 Å². The molecule has 1 saturated heterocycles. The first-order valence-corrected chi connectivity index (χ1v) is 8.65. The Balaban J connectivity index is 1.73. The van der Waals surface area contributed by atoms with Crippen molar-refractivity contribution < 1.29 is 24.2 Å². The van der Waals surface area contributed by atoms with E-state index >= 15 is 0 Å². The summed E-state index contributed by atoms with van der Waals surface area (Å²) in [4.78, 5) is 26.0. The molecule has 0 aromatic heterocycles. The second-order valence-corrected chi connectivity index (χ2v) is 6.81. The first kappa shape index (κ1) is 16.6. The monoisotopic (exact) mass is 355 g/mol. The van der Waals surface area contributed by atoms with Crippen LogP contribution in [-0.4, -0.2) is 33.5 Å². The van der Waals surface area contributed by atoms with Crippen LogP contribution in [0.5, 0.6) is 5.75 Å². The summed E-state index contributed by atoms with van der Waals surface area (Å²) < 4.78 is 13.0. The van der Waals surface area contributed by atoms with E-state index in [4.69, 9.17) is 0 Å². The average Bonchev–Trinajstić information content (AvgIpc) is 3.18. The van der Waals surface area contributed by atoms with Crippen LogP contribution < -0.4 is 0 Å². The van der Waals surface area contributed by atoms with E-state index in [9.17, 15) is 24.2 Å². The smallest absolute Gasteiger partial charge is 0.339 e. The molecule has 2 aromatic carbocycles. The number of carboxylic acid groups (broad SMARTS) is 1. The average molecular weight is 355 g/mol. The van der Waals surface area contributed by atoms with Crippen LogP contribution in [0.3, 0.4) is 0 Å². The highest BCUT2D eigenvalue weighted by atomic mass is 19.1. The summed E-state index contributed by atoms with van der Waals surface area (Å²) in [6.07, 6.45) is 2.63. The molecule has 4 rings (SSSR count). The zero-order chi connectivity index (χ0) is 18.4. The molecule has 2 aliphatic rings. The number of rotatable bonds is 4. The van der Waals surface area contributed by atoms with Crippen LogP contribution in [0.2, 0.25) is 0 Å². The zero-order valence-corrected chi connectivity index (χ0v) is 14.0. The van der Waals surface area contributed by atoms with Gasteiger partial charge in [0.1, 0.15) is 17.1 Å². The number of carbonyl (C=O) groups is 2. The minimum absolute atomic E-state index is 0.0733. The maximum absolute atomic E-state index is 13.0. The third-order valence-corrected chi connectivity index (χ3v) is 5.31. The first-order valence-electron chi connectivity index (χ1n) is 8.65. The number of halogens is 1. The van der Waals surface area contributed by atoms with E-state index in [2.05, 4.69) is 0 Å². The second-order valence-electron chi connectivity index (χ2n) is 6.81. The van der Waals surface area contributed by atoms with Crippen molar-refractivity contribution in [2.45, 2.75) is 31.7 Å². The summed E-state index contributed by atoms with van der Waals surface area (Å²) >= 11 is 0. The summed E-state index contributed by atoms with van der Waals surface area (Å²) in [6.45, 7) is 0.630. The predicted octanol–water partition coefficient (Wildman–Crippen LogP) is 3.31. The molecule has 1 amide bonds. The van der Waals surface area contributed by atoms with Gasteiger partial charge in [-0.05, 0) is 54.5 Å². The van der Waals surface area contributed by atoms with Crippen molar-refractivity contribution in [3.8, 4) is 5.75 Å². The molecule has 0 saturated carbocycles. The van der Waals surface area contributed by atoms with E-state index in [-0.39, 0.29) is 28.9 Å². The molecule has 0 spiro atoms. The minimum atomic E-state index is -1.25. The predicted molar refractivity (Wildman–Crippen MR) is 91.9 cm³/mol. The van der Waals surface area contributed by atoms with Gasteiger partial charge in [-0.3, -0.25) is 4.79 Å². The van der Waals surface area contributed by atoms with Gasteiger partial charge in [-0.1, -0.05) is 18.2 Å².